The van der Waals surface area contributed by atoms with Gasteiger partial charge in [-0.05, 0) is 31.0 Å². The zero-order valence-electron chi connectivity index (χ0n) is 12.7. The van der Waals surface area contributed by atoms with Crippen molar-refractivity contribution in [2.75, 3.05) is 0 Å². The Bertz CT molecular complexity index is 826. The number of allylic oxidation sites excluding steroid dienone is 2. The number of nitriles is 1. The lowest BCUT2D eigenvalue weighted by molar-refractivity contribution is -0.137. The van der Waals surface area contributed by atoms with Crippen molar-refractivity contribution >= 4 is 27.1 Å². The van der Waals surface area contributed by atoms with Gasteiger partial charge in [-0.25, -0.2) is 4.98 Å². The maximum Gasteiger partial charge on any atom is 0.416 e. The van der Waals surface area contributed by atoms with E-state index in [2.05, 4.69) is 4.98 Å². The maximum atomic E-state index is 12.8. The lowest BCUT2D eigenvalue weighted by atomic mass is 9.86. The Morgan fingerprint density at radius 3 is 2.58 bits per heavy atom. The number of benzene rings is 1. The van der Waals surface area contributed by atoms with E-state index in [9.17, 15) is 23.5 Å². The summed E-state index contributed by atoms with van der Waals surface area (Å²) < 4.78 is 38.9. The van der Waals surface area contributed by atoms with Crippen molar-refractivity contribution < 1.29 is 18.3 Å². The lowest BCUT2D eigenvalue weighted by Crippen LogP contribution is -2.10. The number of alkyl halides is 3. The molecule has 0 atom stereocenters. The van der Waals surface area contributed by atoms with Crippen LogP contribution in [0.25, 0.3) is 15.8 Å². The molecule has 1 aliphatic carbocycles. The molecule has 126 valence electrons. The molecule has 1 heterocycles. The van der Waals surface area contributed by atoms with Crippen LogP contribution in [0.2, 0.25) is 0 Å². The highest BCUT2D eigenvalue weighted by Gasteiger charge is 2.31. The highest BCUT2D eigenvalue weighted by atomic mass is 32.1. The van der Waals surface area contributed by atoms with Gasteiger partial charge in [0.05, 0.1) is 15.8 Å². The topological polar surface area (TPSA) is 56.9 Å². The summed E-state index contributed by atoms with van der Waals surface area (Å²) in [6.45, 7) is 0. The van der Waals surface area contributed by atoms with Gasteiger partial charge in [0.15, 0.2) is 0 Å². The molecule has 0 aliphatic heterocycles. The number of nitrogens with zero attached hydrogens (tertiary/aromatic N) is 2. The molecule has 1 fully saturated rings. The molecule has 0 unspecified atom stereocenters. The quantitative estimate of drug-likeness (QED) is 0.558. The van der Waals surface area contributed by atoms with E-state index in [1.54, 1.807) is 0 Å². The fourth-order valence-electron chi connectivity index (χ4n) is 3.01. The van der Waals surface area contributed by atoms with Gasteiger partial charge in [0.1, 0.15) is 22.4 Å². The van der Waals surface area contributed by atoms with Crippen LogP contribution >= 0.6 is 11.3 Å². The summed E-state index contributed by atoms with van der Waals surface area (Å²) in [5.74, 6) is -0.0431. The Morgan fingerprint density at radius 2 is 1.96 bits per heavy atom. The van der Waals surface area contributed by atoms with Gasteiger partial charge in [0, 0.05) is 5.92 Å². The molecular formula is C17H15F3N2OS. The van der Waals surface area contributed by atoms with E-state index >= 15 is 0 Å². The average molecular weight is 352 g/mol. The Kier molecular flexibility index (Phi) is 4.50. The van der Waals surface area contributed by atoms with E-state index in [0.29, 0.717) is 4.70 Å². The van der Waals surface area contributed by atoms with E-state index < -0.39 is 11.7 Å². The van der Waals surface area contributed by atoms with Crippen molar-refractivity contribution in [3.8, 4) is 6.07 Å². The van der Waals surface area contributed by atoms with Gasteiger partial charge < -0.3 is 5.11 Å². The Hall–Kier alpha value is -2.07. The summed E-state index contributed by atoms with van der Waals surface area (Å²) in [6.07, 6.45) is 0.327. The van der Waals surface area contributed by atoms with Gasteiger partial charge in [-0.2, -0.15) is 18.4 Å². The van der Waals surface area contributed by atoms with E-state index in [4.69, 9.17) is 0 Å². The molecule has 3 nitrogen and oxygen atoms in total. The van der Waals surface area contributed by atoms with Crippen LogP contribution in [0.1, 0.15) is 42.7 Å². The summed E-state index contributed by atoms with van der Waals surface area (Å²) in [4.78, 5) is 4.15. The van der Waals surface area contributed by atoms with E-state index in [-0.39, 0.29) is 27.8 Å². The lowest BCUT2D eigenvalue weighted by Gasteiger charge is -2.21. The molecule has 3 rings (SSSR count). The number of hydrogen-bond acceptors (Lipinski definition) is 4. The molecule has 0 radical (unpaired) electrons. The number of hydrogen-bond donors (Lipinski definition) is 1. The van der Waals surface area contributed by atoms with Gasteiger partial charge in [-0.3, -0.25) is 0 Å². The maximum absolute atomic E-state index is 12.8. The molecule has 0 amide bonds. The summed E-state index contributed by atoms with van der Waals surface area (Å²) in [5, 5.41) is 20.1. The predicted molar refractivity (Wildman–Crippen MR) is 86.4 cm³/mol. The number of thiazole rings is 1. The number of fused-ring (bicyclic) bond motifs is 1. The smallest absolute Gasteiger partial charge is 0.416 e. The zero-order chi connectivity index (χ0) is 17.3. The normalized spacial score (nSPS) is 17.6. The molecule has 0 bridgehead atoms. The van der Waals surface area contributed by atoms with Gasteiger partial charge in [0.25, 0.3) is 0 Å². The molecule has 1 aliphatic rings. The standard InChI is InChI=1S/C17H15F3N2OS/c18-17(19,20)11-6-7-14-13(8-11)22-16(24-14)12(9-21)15(23)10-4-2-1-3-5-10/h6-8,10,23H,1-5H2. The minimum absolute atomic E-state index is 0.0206. The van der Waals surface area contributed by atoms with Crippen LogP contribution < -0.4 is 0 Å². The Morgan fingerprint density at radius 1 is 1.25 bits per heavy atom. The first-order valence-electron chi connectivity index (χ1n) is 7.71. The van der Waals surface area contributed by atoms with Gasteiger partial charge in [-0.15, -0.1) is 11.3 Å². The van der Waals surface area contributed by atoms with Crippen LogP contribution in [-0.4, -0.2) is 10.1 Å². The molecule has 7 heteroatoms. The van der Waals surface area contributed by atoms with E-state index in [1.165, 1.54) is 6.07 Å². The van der Waals surface area contributed by atoms with E-state index in [0.717, 1.165) is 55.6 Å². The molecule has 24 heavy (non-hydrogen) atoms. The summed E-state index contributed by atoms with van der Waals surface area (Å²) >= 11 is 1.12. The molecule has 2 aromatic rings. The first-order valence-corrected chi connectivity index (χ1v) is 8.53. The monoisotopic (exact) mass is 352 g/mol. The molecule has 1 aromatic carbocycles. The predicted octanol–water partition coefficient (Wildman–Crippen LogP) is 5.69. The number of aromatic nitrogens is 1. The third kappa shape index (κ3) is 3.24. The SMILES string of the molecule is N#CC(=C(O)C1CCCCC1)c1nc2cc(C(F)(F)F)ccc2s1. The zero-order valence-corrected chi connectivity index (χ0v) is 13.5. The first kappa shape index (κ1) is 16.8. The minimum atomic E-state index is -4.43. The van der Waals surface area contributed by atoms with Crippen molar-refractivity contribution in [1.82, 2.24) is 4.98 Å². The van der Waals surface area contributed by atoms with E-state index in [1.807, 2.05) is 6.07 Å². The highest BCUT2D eigenvalue weighted by molar-refractivity contribution is 7.19. The van der Waals surface area contributed by atoms with Crippen molar-refractivity contribution in [3.63, 3.8) is 0 Å². The average Bonchev–Trinajstić information content (AvgIpc) is 2.98. The molecule has 0 saturated heterocycles. The van der Waals surface area contributed by atoms with Crippen molar-refractivity contribution in [3.05, 3.63) is 34.5 Å². The van der Waals surface area contributed by atoms with Crippen molar-refractivity contribution in [2.45, 2.75) is 38.3 Å². The van der Waals surface area contributed by atoms with Crippen LogP contribution in [0, 0.1) is 17.2 Å². The molecular weight excluding hydrogens is 337 g/mol. The van der Waals surface area contributed by atoms with Crippen LogP contribution in [0.4, 0.5) is 13.2 Å². The summed E-state index contributed by atoms with van der Waals surface area (Å²) in [7, 11) is 0. The number of aliphatic hydroxyl groups is 1. The van der Waals surface area contributed by atoms with Crippen LogP contribution in [0.5, 0.6) is 0 Å². The fourth-order valence-corrected chi connectivity index (χ4v) is 3.96. The second-order valence-electron chi connectivity index (χ2n) is 5.91. The second-order valence-corrected chi connectivity index (χ2v) is 6.94. The van der Waals surface area contributed by atoms with Crippen LogP contribution in [0.15, 0.2) is 24.0 Å². The fraction of sp³-hybridized carbons (Fsp3) is 0.412. The Balaban J connectivity index is 2.02. The van der Waals surface area contributed by atoms with Crippen molar-refractivity contribution in [1.29, 1.82) is 5.26 Å². The minimum Gasteiger partial charge on any atom is -0.511 e. The number of rotatable bonds is 2. The molecule has 0 spiro atoms. The Labute approximate surface area is 141 Å². The third-order valence-electron chi connectivity index (χ3n) is 4.29. The van der Waals surface area contributed by atoms with Crippen LogP contribution in [-0.2, 0) is 6.18 Å². The number of aliphatic hydroxyl groups excluding tert-OH is 1. The van der Waals surface area contributed by atoms with Crippen LogP contribution in [0.3, 0.4) is 0 Å². The highest BCUT2D eigenvalue weighted by Crippen LogP contribution is 2.37. The molecule has 1 saturated carbocycles. The van der Waals surface area contributed by atoms with Gasteiger partial charge in [0.2, 0.25) is 0 Å². The molecule has 1 N–H and O–H groups in total. The van der Waals surface area contributed by atoms with Crippen molar-refractivity contribution in [2.24, 2.45) is 5.92 Å². The number of halogens is 3. The molecule has 1 aromatic heterocycles. The largest absolute Gasteiger partial charge is 0.511 e. The third-order valence-corrected chi connectivity index (χ3v) is 5.34. The van der Waals surface area contributed by atoms with Gasteiger partial charge >= 0.3 is 6.18 Å². The summed E-state index contributed by atoms with van der Waals surface area (Å²) in [5.41, 5.74) is -0.503. The first-order chi connectivity index (χ1) is 11.4. The summed E-state index contributed by atoms with van der Waals surface area (Å²) in [6, 6.07) is 5.30. The second kappa shape index (κ2) is 6.44. The van der Waals surface area contributed by atoms with Gasteiger partial charge in [-0.1, -0.05) is 19.3 Å².